The van der Waals surface area contributed by atoms with Crippen molar-refractivity contribution in [3.8, 4) is 0 Å². The van der Waals surface area contributed by atoms with E-state index < -0.39 is 28.9 Å². The molecule has 0 radical (unpaired) electrons. The van der Waals surface area contributed by atoms with Gasteiger partial charge in [0.1, 0.15) is 6.04 Å². The maximum atomic E-state index is 12.1. The summed E-state index contributed by atoms with van der Waals surface area (Å²) in [7, 11) is 0. The van der Waals surface area contributed by atoms with Crippen molar-refractivity contribution in [3.63, 3.8) is 0 Å². The molecule has 0 aromatic rings. The molecule has 0 heterocycles. The van der Waals surface area contributed by atoms with Crippen LogP contribution < -0.4 is 5.32 Å². The first-order valence-electron chi connectivity index (χ1n) is 8.45. The Balaban J connectivity index is 3.98. The molecule has 0 aliphatic rings. The van der Waals surface area contributed by atoms with Gasteiger partial charge in [-0.05, 0) is 31.6 Å². The van der Waals surface area contributed by atoms with Crippen LogP contribution in [0.4, 0.5) is 4.79 Å². The summed E-state index contributed by atoms with van der Waals surface area (Å²) in [5.74, 6) is -0.826. The first kappa shape index (κ1) is 25.4. The van der Waals surface area contributed by atoms with Crippen molar-refractivity contribution < 1.29 is 49.6 Å². The second-order valence-corrected chi connectivity index (χ2v) is 5.76. The molecule has 0 saturated carbocycles. The monoisotopic (exact) mass is 399 g/mol. The van der Waals surface area contributed by atoms with Gasteiger partial charge in [0.25, 0.3) is 0 Å². The molecular formula is C14H29N3O10. The summed E-state index contributed by atoms with van der Waals surface area (Å²) < 4.78 is 10.0. The lowest BCUT2D eigenvalue weighted by atomic mass is 10.1. The number of alkyl carbamates (subject to hydrolysis) is 1. The van der Waals surface area contributed by atoms with Gasteiger partial charge in [0, 0.05) is 0 Å². The van der Waals surface area contributed by atoms with Gasteiger partial charge in [-0.15, -0.1) is 0 Å². The first-order chi connectivity index (χ1) is 12.7. The van der Waals surface area contributed by atoms with E-state index >= 15 is 0 Å². The summed E-state index contributed by atoms with van der Waals surface area (Å²) in [6.07, 6.45) is 0.960. The number of nitrogens with zero attached hydrogens (tertiary/aromatic N) is 2. The third-order valence-electron chi connectivity index (χ3n) is 3.16. The quantitative estimate of drug-likeness (QED) is 0.150. The standard InChI is InChI=1S/C14H29N3O10/c1-11(2)12(13(18)24-7-3-5-9-26-16(20)21)15-14(19)25-8-4-6-10-27-17(22)23/h11-12,20-23H,3-10H2,1-2H3,(H,15,19). The van der Waals surface area contributed by atoms with E-state index in [1.165, 1.54) is 0 Å². The fourth-order valence-corrected chi connectivity index (χ4v) is 1.79. The third-order valence-corrected chi connectivity index (χ3v) is 3.16. The Hall–Kier alpha value is -1.58. The Labute approximate surface area is 156 Å². The Morgan fingerprint density at radius 1 is 0.815 bits per heavy atom. The number of carbonyl (C=O) groups is 2. The SMILES string of the molecule is CC(C)C(NC(=O)OCCCCON(O)O)C(=O)OCCCCON(O)O. The molecule has 0 aromatic heterocycles. The molecule has 5 N–H and O–H groups in total. The van der Waals surface area contributed by atoms with Gasteiger partial charge in [-0.2, -0.15) is 0 Å². The molecule has 0 aromatic carbocycles. The summed E-state index contributed by atoms with van der Waals surface area (Å²) in [4.78, 5) is 32.5. The number of hydrogen-bond donors (Lipinski definition) is 5. The highest BCUT2D eigenvalue weighted by Gasteiger charge is 2.26. The molecule has 1 amide bonds. The van der Waals surface area contributed by atoms with Crippen molar-refractivity contribution >= 4 is 12.1 Å². The molecule has 0 rings (SSSR count). The Bertz CT molecular complexity index is 409. The minimum atomic E-state index is -0.875. The zero-order valence-electron chi connectivity index (χ0n) is 15.4. The summed E-state index contributed by atoms with van der Waals surface area (Å²) >= 11 is 0. The molecule has 160 valence electrons. The maximum Gasteiger partial charge on any atom is 0.407 e. The molecule has 27 heavy (non-hydrogen) atoms. The molecular weight excluding hydrogens is 370 g/mol. The molecule has 13 heteroatoms. The van der Waals surface area contributed by atoms with Crippen LogP contribution in [0.1, 0.15) is 39.5 Å². The summed E-state index contributed by atoms with van der Waals surface area (Å²) in [6, 6.07) is -0.875. The van der Waals surface area contributed by atoms with Crippen molar-refractivity contribution in [2.45, 2.75) is 45.6 Å². The van der Waals surface area contributed by atoms with Crippen LogP contribution in [0.25, 0.3) is 0 Å². The van der Waals surface area contributed by atoms with E-state index in [4.69, 9.17) is 30.3 Å². The average molecular weight is 399 g/mol. The van der Waals surface area contributed by atoms with E-state index in [1.807, 2.05) is 0 Å². The fraction of sp³-hybridized carbons (Fsp3) is 0.857. The van der Waals surface area contributed by atoms with Gasteiger partial charge in [-0.1, -0.05) is 13.8 Å². The lowest BCUT2D eigenvalue weighted by molar-refractivity contribution is -0.492. The van der Waals surface area contributed by atoms with Gasteiger partial charge in [0.2, 0.25) is 0 Å². The van der Waals surface area contributed by atoms with Crippen LogP contribution in [0, 0.1) is 5.92 Å². The zero-order chi connectivity index (χ0) is 20.7. The normalized spacial score (nSPS) is 12.5. The minimum Gasteiger partial charge on any atom is -0.464 e. The van der Waals surface area contributed by atoms with E-state index in [0.29, 0.717) is 25.7 Å². The lowest BCUT2D eigenvalue weighted by Crippen LogP contribution is -2.45. The van der Waals surface area contributed by atoms with Gasteiger partial charge in [0.15, 0.2) is 0 Å². The smallest absolute Gasteiger partial charge is 0.407 e. The molecule has 1 unspecified atom stereocenters. The average Bonchev–Trinajstić information content (AvgIpc) is 2.57. The molecule has 0 spiro atoms. The Morgan fingerprint density at radius 2 is 1.26 bits per heavy atom. The van der Waals surface area contributed by atoms with Crippen LogP contribution in [-0.4, -0.2) is 76.1 Å². The van der Waals surface area contributed by atoms with E-state index in [0.717, 1.165) is 0 Å². The molecule has 0 bridgehead atoms. The van der Waals surface area contributed by atoms with Crippen molar-refractivity contribution in [1.82, 2.24) is 16.1 Å². The predicted octanol–water partition coefficient (Wildman–Crippen LogP) is 0.865. The topological polar surface area (TPSA) is 170 Å². The van der Waals surface area contributed by atoms with E-state index in [1.54, 1.807) is 13.8 Å². The van der Waals surface area contributed by atoms with Crippen LogP contribution in [-0.2, 0) is 23.9 Å². The van der Waals surface area contributed by atoms with E-state index in [2.05, 4.69) is 15.0 Å². The van der Waals surface area contributed by atoms with Gasteiger partial charge in [-0.3, -0.25) is 30.5 Å². The molecule has 0 aliphatic heterocycles. The van der Waals surface area contributed by atoms with Crippen LogP contribution in [0.2, 0.25) is 0 Å². The van der Waals surface area contributed by atoms with Crippen LogP contribution >= 0.6 is 0 Å². The second kappa shape index (κ2) is 15.5. The van der Waals surface area contributed by atoms with Crippen LogP contribution in [0.15, 0.2) is 0 Å². The van der Waals surface area contributed by atoms with Gasteiger partial charge < -0.3 is 14.8 Å². The summed E-state index contributed by atoms with van der Waals surface area (Å²) in [5, 5.41) is 35.0. The van der Waals surface area contributed by atoms with Crippen molar-refractivity contribution in [2.75, 3.05) is 26.4 Å². The van der Waals surface area contributed by atoms with Crippen LogP contribution in [0.3, 0.4) is 0 Å². The van der Waals surface area contributed by atoms with E-state index in [-0.39, 0.29) is 32.3 Å². The number of carbonyl (C=O) groups excluding carboxylic acids is 2. The van der Waals surface area contributed by atoms with Crippen LogP contribution in [0.5, 0.6) is 0 Å². The van der Waals surface area contributed by atoms with Crippen molar-refractivity contribution in [2.24, 2.45) is 5.92 Å². The number of rotatable bonds is 15. The lowest BCUT2D eigenvalue weighted by Gasteiger charge is -2.20. The van der Waals surface area contributed by atoms with Gasteiger partial charge in [-0.25, -0.2) is 9.59 Å². The minimum absolute atomic E-state index is 0.0403. The highest BCUT2D eigenvalue weighted by atomic mass is 17.1. The number of unbranched alkanes of at least 4 members (excludes halogenated alkanes) is 2. The Morgan fingerprint density at radius 3 is 1.70 bits per heavy atom. The number of hydrogen-bond acceptors (Lipinski definition) is 12. The van der Waals surface area contributed by atoms with Gasteiger partial charge in [0.05, 0.1) is 37.2 Å². The van der Waals surface area contributed by atoms with Gasteiger partial charge >= 0.3 is 12.1 Å². The third kappa shape index (κ3) is 15.2. The molecule has 0 aliphatic carbocycles. The molecule has 0 saturated heterocycles. The highest BCUT2D eigenvalue weighted by Crippen LogP contribution is 2.06. The number of nitrogens with one attached hydrogen (secondary N) is 1. The second-order valence-electron chi connectivity index (χ2n) is 5.76. The van der Waals surface area contributed by atoms with Crippen molar-refractivity contribution in [1.29, 1.82) is 0 Å². The zero-order valence-corrected chi connectivity index (χ0v) is 15.4. The number of esters is 1. The summed E-state index contributed by atoms with van der Waals surface area (Å²) in [5.41, 5.74) is 0. The predicted molar refractivity (Wildman–Crippen MR) is 85.3 cm³/mol. The molecule has 13 nitrogen and oxygen atoms in total. The first-order valence-corrected chi connectivity index (χ1v) is 8.45. The largest absolute Gasteiger partial charge is 0.464 e. The summed E-state index contributed by atoms with van der Waals surface area (Å²) in [6.45, 7) is 3.72. The Kier molecular flexibility index (Phi) is 14.6. The molecule has 0 fully saturated rings. The number of amides is 1. The number of ether oxygens (including phenoxy) is 2. The fourth-order valence-electron chi connectivity index (χ4n) is 1.79. The maximum absolute atomic E-state index is 12.1. The van der Waals surface area contributed by atoms with E-state index in [9.17, 15) is 9.59 Å². The molecule has 1 atom stereocenters. The highest BCUT2D eigenvalue weighted by molar-refractivity contribution is 5.81. The van der Waals surface area contributed by atoms with Crippen molar-refractivity contribution in [3.05, 3.63) is 0 Å².